The predicted octanol–water partition coefficient (Wildman–Crippen LogP) is 6.83. The van der Waals surface area contributed by atoms with Crippen molar-refractivity contribution in [3.05, 3.63) is 106 Å². The molecule has 0 aliphatic heterocycles. The van der Waals surface area contributed by atoms with Crippen LogP contribution in [0.5, 0.6) is 0 Å². The summed E-state index contributed by atoms with van der Waals surface area (Å²) in [6, 6.07) is 23.3. The lowest BCUT2D eigenvalue weighted by atomic mass is 9.89. The highest BCUT2D eigenvalue weighted by Gasteiger charge is 2.33. The van der Waals surface area contributed by atoms with E-state index in [-0.39, 0.29) is 23.0 Å². The second-order valence-corrected chi connectivity index (χ2v) is 9.38. The van der Waals surface area contributed by atoms with E-state index in [2.05, 4.69) is 52.0 Å². The summed E-state index contributed by atoms with van der Waals surface area (Å²) in [5.74, 6) is 0.281. The van der Waals surface area contributed by atoms with Crippen molar-refractivity contribution in [1.82, 2.24) is 9.97 Å². The van der Waals surface area contributed by atoms with Crippen LogP contribution in [0.2, 0.25) is 0 Å². The summed E-state index contributed by atoms with van der Waals surface area (Å²) in [7, 11) is 0. The van der Waals surface area contributed by atoms with E-state index in [1.165, 1.54) is 11.1 Å². The predicted molar refractivity (Wildman–Crippen MR) is 134 cm³/mol. The van der Waals surface area contributed by atoms with Crippen LogP contribution in [0.3, 0.4) is 0 Å². The zero-order valence-electron chi connectivity index (χ0n) is 19.8. The number of carbonyl (C=O) groups is 2. The minimum atomic E-state index is -0.264. The Balaban J connectivity index is 1.73. The zero-order valence-corrected chi connectivity index (χ0v) is 19.8. The Morgan fingerprint density at radius 3 is 1.18 bits per heavy atom. The Bertz CT molecular complexity index is 1310. The van der Waals surface area contributed by atoms with Crippen molar-refractivity contribution in [3.63, 3.8) is 0 Å². The second kappa shape index (κ2) is 8.45. The molecule has 5 rings (SSSR count). The lowest BCUT2D eigenvalue weighted by Crippen LogP contribution is -2.24. The van der Waals surface area contributed by atoms with Crippen LogP contribution >= 0.6 is 0 Å². The van der Waals surface area contributed by atoms with Crippen LogP contribution in [0.25, 0.3) is 22.5 Å². The maximum absolute atomic E-state index is 13.3. The fourth-order valence-corrected chi connectivity index (χ4v) is 4.34. The molecule has 0 amide bonds. The average Bonchev–Trinajstić information content (AvgIpc) is 2.86. The number of fused-ring (bicyclic) bond motifs is 2. The molecule has 1 aromatic heterocycles. The summed E-state index contributed by atoms with van der Waals surface area (Å²) >= 11 is 0. The summed E-state index contributed by atoms with van der Waals surface area (Å²) in [6.07, 6.45) is 0. The lowest BCUT2D eigenvalue weighted by Gasteiger charge is -2.19. The van der Waals surface area contributed by atoms with E-state index < -0.39 is 0 Å². The fourth-order valence-electron chi connectivity index (χ4n) is 4.34. The Morgan fingerprint density at radius 2 is 0.853 bits per heavy atom. The van der Waals surface area contributed by atoms with Crippen LogP contribution in [0.1, 0.15) is 82.8 Å². The van der Waals surface area contributed by atoms with Gasteiger partial charge < -0.3 is 0 Å². The van der Waals surface area contributed by atoms with Crippen LogP contribution in [-0.4, -0.2) is 21.5 Å². The first-order chi connectivity index (χ1) is 16.3. The van der Waals surface area contributed by atoms with Gasteiger partial charge in [0.2, 0.25) is 11.6 Å². The summed E-state index contributed by atoms with van der Waals surface area (Å²) < 4.78 is 0. The van der Waals surface area contributed by atoms with Gasteiger partial charge >= 0.3 is 0 Å². The monoisotopic (exact) mass is 446 g/mol. The summed E-state index contributed by atoms with van der Waals surface area (Å²) in [4.78, 5) is 36.2. The molecule has 168 valence electrons. The molecule has 0 atom stereocenters. The number of benzene rings is 3. The number of carbonyl (C=O) groups excluding carboxylic acids is 2. The number of rotatable bonds is 4. The average molecular weight is 447 g/mol. The van der Waals surface area contributed by atoms with Crippen molar-refractivity contribution in [3.8, 4) is 22.5 Å². The van der Waals surface area contributed by atoms with Crippen LogP contribution < -0.4 is 0 Å². The molecule has 0 spiro atoms. The molecule has 1 heterocycles. The molecule has 4 heteroatoms. The van der Waals surface area contributed by atoms with Gasteiger partial charge in [0.25, 0.3) is 0 Å². The van der Waals surface area contributed by atoms with Gasteiger partial charge in [-0.15, -0.1) is 0 Å². The highest BCUT2D eigenvalue weighted by atomic mass is 16.1. The summed E-state index contributed by atoms with van der Waals surface area (Å²) in [5, 5.41) is 0. The highest BCUT2D eigenvalue weighted by Crippen LogP contribution is 2.34. The van der Waals surface area contributed by atoms with E-state index in [0.29, 0.717) is 34.4 Å². The smallest absolute Gasteiger partial charge is 0.214 e. The molecule has 0 fully saturated rings. The van der Waals surface area contributed by atoms with Crippen LogP contribution in [0.4, 0.5) is 0 Å². The molecular formula is C30H26N2O2. The molecule has 4 aromatic rings. The largest absolute Gasteiger partial charge is 0.287 e. The lowest BCUT2D eigenvalue weighted by molar-refractivity contribution is 0.0971. The first kappa shape index (κ1) is 21.9. The molecule has 0 unspecified atom stereocenters. The van der Waals surface area contributed by atoms with Crippen molar-refractivity contribution < 1.29 is 9.59 Å². The number of hydrogen-bond acceptors (Lipinski definition) is 4. The third-order valence-electron chi connectivity index (χ3n) is 6.44. The number of aromatic nitrogens is 2. The van der Waals surface area contributed by atoms with Crippen molar-refractivity contribution in [1.29, 1.82) is 0 Å². The standard InChI is InChI=1S/C30H26N2O2/c1-17(2)19-9-13-21(14-10-19)25-26(22-15-11-20(12-16-22)18(3)4)32-28-27(31-25)29(33)23-7-5-6-8-24(23)30(28)34/h5-18H,1-4H3. The van der Waals surface area contributed by atoms with E-state index in [4.69, 9.17) is 9.97 Å². The molecule has 4 nitrogen and oxygen atoms in total. The number of hydrogen-bond donors (Lipinski definition) is 0. The van der Waals surface area contributed by atoms with Crippen LogP contribution in [0, 0.1) is 0 Å². The van der Waals surface area contributed by atoms with Gasteiger partial charge in [-0.05, 0) is 23.0 Å². The van der Waals surface area contributed by atoms with Gasteiger partial charge in [0, 0.05) is 22.3 Å². The normalized spacial score (nSPS) is 12.8. The van der Waals surface area contributed by atoms with Gasteiger partial charge in [-0.3, -0.25) is 9.59 Å². The van der Waals surface area contributed by atoms with Gasteiger partial charge in [0.05, 0.1) is 11.4 Å². The minimum absolute atomic E-state index is 0.120. The summed E-state index contributed by atoms with van der Waals surface area (Å²) in [6.45, 7) is 8.60. The molecular weight excluding hydrogens is 420 g/mol. The molecule has 1 aliphatic rings. The third-order valence-corrected chi connectivity index (χ3v) is 6.44. The Kier molecular flexibility index (Phi) is 5.45. The van der Waals surface area contributed by atoms with Gasteiger partial charge in [-0.25, -0.2) is 9.97 Å². The fraction of sp³-hybridized carbons (Fsp3) is 0.200. The molecule has 0 N–H and O–H groups in total. The molecule has 0 saturated carbocycles. The van der Waals surface area contributed by atoms with Crippen molar-refractivity contribution in [2.24, 2.45) is 0 Å². The SMILES string of the molecule is CC(C)c1ccc(-c2nc3c(nc2-c2ccc(C(C)C)cc2)C(=O)c2ccccc2C3=O)cc1. The Hall–Kier alpha value is -3.92. The van der Waals surface area contributed by atoms with Crippen LogP contribution in [-0.2, 0) is 0 Å². The highest BCUT2D eigenvalue weighted by molar-refractivity contribution is 6.27. The molecule has 0 saturated heterocycles. The molecule has 0 bridgehead atoms. The van der Waals surface area contributed by atoms with E-state index in [1.54, 1.807) is 24.3 Å². The van der Waals surface area contributed by atoms with E-state index in [0.717, 1.165) is 11.1 Å². The topological polar surface area (TPSA) is 59.9 Å². The van der Waals surface area contributed by atoms with E-state index in [9.17, 15) is 9.59 Å². The minimum Gasteiger partial charge on any atom is -0.287 e. The number of ketones is 2. The Labute approximate surface area is 199 Å². The van der Waals surface area contributed by atoms with Gasteiger partial charge in [-0.2, -0.15) is 0 Å². The molecule has 1 aliphatic carbocycles. The maximum atomic E-state index is 13.3. The van der Waals surface area contributed by atoms with E-state index in [1.807, 2.05) is 24.3 Å². The van der Waals surface area contributed by atoms with Gasteiger partial charge in [-0.1, -0.05) is 100 Å². The summed E-state index contributed by atoms with van der Waals surface area (Å²) in [5.41, 5.74) is 6.37. The molecule has 3 aromatic carbocycles. The first-order valence-corrected chi connectivity index (χ1v) is 11.7. The van der Waals surface area contributed by atoms with Crippen LogP contribution in [0.15, 0.2) is 72.8 Å². The van der Waals surface area contributed by atoms with Crippen molar-refractivity contribution >= 4 is 11.6 Å². The first-order valence-electron chi connectivity index (χ1n) is 11.7. The second-order valence-electron chi connectivity index (χ2n) is 9.38. The van der Waals surface area contributed by atoms with Crippen molar-refractivity contribution in [2.45, 2.75) is 39.5 Å². The number of nitrogens with zero attached hydrogens (tertiary/aromatic N) is 2. The van der Waals surface area contributed by atoms with Gasteiger partial charge in [0.15, 0.2) is 0 Å². The molecule has 0 radical (unpaired) electrons. The zero-order chi connectivity index (χ0) is 24.0. The Morgan fingerprint density at radius 1 is 0.500 bits per heavy atom. The maximum Gasteiger partial charge on any atom is 0.214 e. The van der Waals surface area contributed by atoms with Gasteiger partial charge in [0.1, 0.15) is 11.4 Å². The van der Waals surface area contributed by atoms with Crippen molar-refractivity contribution in [2.75, 3.05) is 0 Å². The quantitative estimate of drug-likeness (QED) is 0.303. The van der Waals surface area contributed by atoms with E-state index >= 15 is 0 Å². The molecule has 34 heavy (non-hydrogen) atoms. The third kappa shape index (κ3) is 3.65.